The fourth-order valence-electron chi connectivity index (χ4n) is 5.37. The van der Waals surface area contributed by atoms with Crippen LogP contribution >= 0.6 is 0 Å². The quantitative estimate of drug-likeness (QED) is 0.277. The number of aliphatic hydroxyl groups is 2. The van der Waals surface area contributed by atoms with Crippen LogP contribution in [0.25, 0.3) is 22.5 Å². The normalized spacial score (nSPS) is 17.0. The second-order valence-corrected chi connectivity index (χ2v) is 10.0. The average molecular weight is 515 g/mol. The van der Waals surface area contributed by atoms with E-state index in [9.17, 15) is 19.4 Å². The number of carboxylic acids is 1. The van der Waals surface area contributed by atoms with Crippen molar-refractivity contribution < 1.29 is 24.5 Å². The minimum atomic E-state index is -1.14. The molecule has 38 heavy (non-hydrogen) atoms. The van der Waals surface area contributed by atoms with E-state index < -0.39 is 24.6 Å². The molecule has 0 spiro atoms. The van der Waals surface area contributed by atoms with Gasteiger partial charge >= 0.3 is 5.97 Å². The summed E-state index contributed by atoms with van der Waals surface area (Å²) in [4.78, 5) is 10.9. The molecule has 3 aromatic carbocycles. The number of carboxylic acid groups (broad SMARTS) is 1. The summed E-state index contributed by atoms with van der Waals surface area (Å²) in [7, 11) is 0. The maximum absolute atomic E-state index is 13.7. The number of aliphatic carboxylic acids is 1. The first kappa shape index (κ1) is 25.8. The van der Waals surface area contributed by atoms with Gasteiger partial charge in [0.1, 0.15) is 5.82 Å². The molecular weight excluding hydrogens is 483 g/mol. The maximum Gasteiger partial charge on any atom is 0.305 e. The Hall–Kier alpha value is -3.81. The summed E-state index contributed by atoms with van der Waals surface area (Å²) >= 11 is 0. The lowest BCUT2D eigenvalue weighted by Crippen LogP contribution is -2.19. The minimum Gasteiger partial charge on any atom is -0.481 e. The highest BCUT2D eigenvalue weighted by Crippen LogP contribution is 2.37. The molecule has 1 aromatic heterocycles. The van der Waals surface area contributed by atoms with Crippen molar-refractivity contribution in [3.63, 3.8) is 0 Å². The highest BCUT2D eigenvalue weighted by atomic mass is 19.1. The Balaban J connectivity index is 1.47. The Morgan fingerprint density at radius 1 is 1.08 bits per heavy atom. The summed E-state index contributed by atoms with van der Waals surface area (Å²) < 4.78 is 15.5. The molecule has 0 saturated carbocycles. The number of aliphatic hydroxyl groups excluding tert-OH is 2. The van der Waals surface area contributed by atoms with E-state index in [1.807, 2.05) is 12.1 Å². The van der Waals surface area contributed by atoms with Gasteiger partial charge in [-0.2, -0.15) is 5.10 Å². The van der Waals surface area contributed by atoms with Gasteiger partial charge in [0.2, 0.25) is 0 Å². The monoisotopic (exact) mass is 514 g/mol. The fourth-order valence-corrected chi connectivity index (χ4v) is 5.37. The van der Waals surface area contributed by atoms with Gasteiger partial charge < -0.3 is 15.3 Å². The number of hydrogen-bond acceptors (Lipinski definition) is 4. The molecule has 196 valence electrons. The number of aromatic nitrogens is 2. The van der Waals surface area contributed by atoms with Crippen LogP contribution in [-0.4, -0.2) is 43.3 Å². The molecule has 3 unspecified atom stereocenters. The van der Waals surface area contributed by atoms with Gasteiger partial charge in [-0.1, -0.05) is 48.5 Å². The molecule has 3 atom stereocenters. The Morgan fingerprint density at radius 3 is 2.61 bits per heavy atom. The van der Waals surface area contributed by atoms with Crippen LogP contribution in [0, 0.1) is 5.82 Å². The third-order valence-corrected chi connectivity index (χ3v) is 7.19. The molecule has 0 radical (unpaired) electrons. The summed E-state index contributed by atoms with van der Waals surface area (Å²) in [6.07, 6.45) is 4.37. The molecule has 5 rings (SSSR count). The Kier molecular flexibility index (Phi) is 7.67. The van der Waals surface area contributed by atoms with Crippen LogP contribution < -0.4 is 0 Å². The standard InChI is InChI=1S/C31H31FN2O4/c32-24-10-12-25(13-11-24)34-29(15-14-26(35)18-27(36)19-30(37)38)28-7-3-6-23(31(28)33-34)17-20-8-9-21-4-1-2-5-22(21)16-20/h1-2,4-5,8-16,23,26-27,35-36H,3,6-7,17-19H2,(H,37,38)/b15-14+. The minimum absolute atomic E-state index is 0.0831. The van der Waals surface area contributed by atoms with Crippen molar-refractivity contribution in [3.8, 4) is 5.69 Å². The van der Waals surface area contributed by atoms with E-state index in [1.54, 1.807) is 29.0 Å². The van der Waals surface area contributed by atoms with E-state index in [2.05, 4.69) is 30.3 Å². The van der Waals surface area contributed by atoms with Crippen LogP contribution in [0.5, 0.6) is 0 Å². The number of halogens is 1. The summed E-state index contributed by atoms with van der Waals surface area (Å²) in [6, 6.07) is 21.0. The zero-order valence-corrected chi connectivity index (χ0v) is 21.0. The summed E-state index contributed by atoms with van der Waals surface area (Å²) in [5, 5.41) is 36.7. The van der Waals surface area contributed by atoms with Crippen molar-refractivity contribution in [2.45, 2.75) is 56.7 Å². The molecule has 7 heteroatoms. The van der Waals surface area contributed by atoms with E-state index in [4.69, 9.17) is 10.2 Å². The topological polar surface area (TPSA) is 95.6 Å². The van der Waals surface area contributed by atoms with Gasteiger partial charge in [0.15, 0.2) is 0 Å². The number of carbonyl (C=O) groups is 1. The molecule has 0 bridgehead atoms. The first-order valence-electron chi connectivity index (χ1n) is 13.0. The Morgan fingerprint density at radius 2 is 1.84 bits per heavy atom. The van der Waals surface area contributed by atoms with Crippen molar-refractivity contribution in [2.24, 2.45) is 0 Å². The van der Waals surface area contributed by atoms with Gasteiger partial charge in [-0.3, -0.25) is 4.79 Å². The molecule has 0 amide bonds. The van der Waals surface area contributed by atoms with Gasteiger partial charge in [0.25, 0.3) is 0 Å². The van der Waals surface area contributed by atoms with Crippen molar-refractivity contribution >= 4 is 22.8 Å². The lowest BCUT2D eigenvalue weighted by Gasteiger charge is -2.21. The Bertz CT molecular complexity index is 1460. The van der Waals surface area contributed by atoms with Gasteiger partial charge in [0.05, 0.1) is 35.7 Å². The molecule has 0 fully saturated rings. The van der Waals surface area contributed by atoms with Crippen LogP contribution in [0.2, 0.25) is 0 Å². The summed E-state index contributed by atoms with van der Waals surface area (Å²) in [6.45, 7) is 0. The van der Waals surface area contributed by atoms with Gasteiger partial charge in [0, 0.05) is 17.9 Å². The van der Waals surface area contributed by atoms with Gasteiger partial charge in [-0.25, -0.2) is 9.07 Å². The van der Waals surface area contributed by atoms with Gasteiger partial charge in [-0.15, -0.1) is 0 Å². The number of rotatable bonds is 9. The second-order valence-electron chi connectivity index (χ2n) is 10.0. The smallest absolute Gasteiger partial charge is 0.305 e. The highest BCUT2D eigenvalue weighted by molar-refractivity contribution is 5.83. The highest BCUT2D eigenvalue weighted by Gasteiger charge is 2.28. The first-order valence-corrected chi connectivity index (χ1v) is 13.0. The van der Waals surface area contributed by atoms with Crippen molar-refractivity contribution in [2.75, 3.05) is 0 Å². The molecule has 0 aliphatic heterocycles. The molecule has 1 heterocycles. The van der Waals surface area contributed by atoms with Gasteiger partial charge in [-0.05, 0) is 72.4 Å². The van der Waals surface area contributed by atoms with E-state index in [0.717, 1.165) is 42.6 Å². The lowest BCUT2D eigenvalue weighted by molar-refractivity contribution is -0.139. The third kappa shape index (κ3) is 5.85. The van der Waals surface area contributed by atoms with Crippen LogP contribution in [0.15, 0.2) is 72.8 Å². The molecule has 3 N–H and O–H groups in total. The van der Waals surface area contributed by atoms with Crippen LogP contribution in [0.3, 0.4) is 0 Å². The van der Waals surface area contributed by atoms with E-state index >= 15 is 0 Å². The van der Waals surface area contributed by atoms with Crippen molar-refractivity contribution in [1.29, 1.82) is 0 Å². The van der Waals surface area contributed by atoms with Crippen LogP contribution in [0.1, 0.15) is 54.1 Å². The number of nitrogens with zero attached hydrogens (tertiary/aromatic N) is 2. The molecule has 4 aromatic rings. The van der Waals surface area contributed by atoms with Crippen LogP contribution in [-0.2, 0) is 17.6 Å². The number of hydrogen-bond donors (Lipinski definition) is 3. The van der Waals surface area contributed by atoms with E-state index in [0.29, 0.717) is 5.69 Å². The predicted octanol–water partition coefficient (Wildman–Crippen LogP) is 5.43. The van der Waals surface area contributed by atoms with Crippen molar-refractivity contribution in [1.82, 2.24) is 9.78 Å². The molecule has 1 aliphatic rings. The number of fused-ring (bicyclic) bond motifs is 2. The second kappa shape index (κ2) is 11.3. The largest absolute Gasteiger partial charge is 0.481 e. The SMILES string of the molecule is O=C(O)CC(O)CC(O)/C=C/c1c2c(nn1-c1ccc(F)cc1)C(Cc1ccc3ccccc3c1)CCC2. The fraction of sp³-hybridized carbons (Fsp3) is 0.290. The maximum atomic E-state index is 13.7. The Labute approximate surface area is 220 Å². The molecular formula is C31H31FN2O4. The lowest BCUT2D eigenvalue weighted by atomic mass is 9.82. The average Bonchev–Trinajstić information content (AvgIpc) is 3.27. The number of benzene rings is 3. The van der Waals surface area contributed by atoms with Crippen molar-refractivity contribution in [3.05, 3.63) is 101 Å². The molecule has 0 saturated heterocycles. The zero-order chi connectivity index (χ0) is 26.6. The zero-order valence-electron chi connectivity index (χ0n) is 21.0. The molecule has 1 aliphatic carbocycles. The van der Waals surface area contributed by atoms with E-state index in [1.165, 1.54) is 28.5 Å². The predicted molar refractivity (Wildman–Crippen MR) is 145 cm³/mol. The summed E-state index contributed by atoms with van der Waals surface area (Å²) in [5.74, 6) is -1.23. The van der Waals surface area contributed by atoms with E-state index in [-0.39, 0.29) is 18.2 Å². The summed E-state index contributed by atoms with van der Waals surface area (Å²) in [5.41, 5.74) is 4.87. The van der Waals surface area contributed by atoms with Crippen LogP contribution in [0.4, 0.5) is 4.39 Å². The third-order valence-electron chi connectivity index (χ3n) is 7.19. The first-order chi connectivity index (χ1) is 18.4. The molecule has 6 nitrogen and oxygen atoms in total.